The van der Waals surface area contributed by atoms with Crippen LogP contribution in [-0.2, 0) is 6.42 Å². The van der Waals surface area contributed by atoms with E-state index in [1.807, 2.05) is 24.3 Å². The first kappa shape index (κ1) is 9.03. The molecule has 0 heterocycles. The van der Waals surface area contributed by atoms with Gasteiger partial charge in [0, 0.05) is 11.7 Å². The van der Waals surface area contributed by atoms with Crippen molar-refractivity contribution in [2.24, 2.45) is 5.73 Å². The summed E-state index contributed by atoms with van der Waals surface area (Å²) in [6.45, 7) is 0.00873. The van der Waals surface area contributed by atoms with Crippen LogP contribution >= 0.6 is 0 Å². The molecule has 0 unspecified atom stereocenters. The van der Waals surface area contributed by atoms with Gasteiger partial charge in [0.25, 0.3) is 0 Å². The maximum atomic E-state index is 8.71. The molecule has 0 saturated heterocycles. The van der Waals surface area contributed by atoms with E-state index in [4.69, 9.17) is 16.6 Å². The normalized spacial score (nSPS) is 12.8. The lowest BCUT2D eigenvalue weighted by molar-refractivity contribution is 0.265. The Kier molecular flexibility index (Phi) is 3.08. The Morgan fingerprint density at radius 2 is 2.17 bits per heavy atom. The molecule has 66 valence electrons. The molecule has 3 heteroatoms. The molecule has 0 spiro atoms. The van der Waals surface area contributed by atoms with Crippen LogP contribution in [0.3, 0.4) is 0 Å². The van der Waals surface area contributed by atoms with Gasteiger partial charge in [0.2, 0.25) is 0 Å². The zero-order valence-electron chi connectivity index (χ0n) is 6.90. The molecule has 0 aliphatic heterocycles. The summed E-state index contributed by atoms with van der Waals surface area (Å²) in [5, 5.41) is 8.71. The molecule has 1 aromatic rings. The summed E-state index contributed by atoms with van der Waals surface area (Å²) < 4.78 is 0. The fourth-order valence-corrected chi connectivity index (χ4v) is 1.09. The van der Waals surface area contributed by atoms with Crippen molar-refractivity contribution >= 4 is 5.69 Å². The highest BCUT2D eigenvalue weighted by Gasteiger charge is 2.01. The number of hydrogen-bond donors (Lipinski definition) is 3. The first-order valence-electron chi connectivity index (χ1n) is 3.93. The molecule has 0 aliphatic rings. The van der Waals surface area contributed by atoms with E-state index in [9.17, 15) is 0 Å². The molecule has 12 heavy (non-hydrogen) atoms. The predicted octanol–water partition coefficient (Wildman–Crippen LogP) is 0.131. The van der Waals surface area contributed by atoms with Crippen molar-refractivity contribution in [1.82, 2.24) is 0 Å². The number of nitrogen functional groups attached to an aromatic ring is 1. The molecule has 3 nitrogen and oxygen atoms in total. The molecule has 1 aromatic carbocycles. The lowest BCUT2D eigenvalue weighted by Gasteiger charge is -2.07. The van der Waals surface area contributed by atoms with Crippen molar-refractivity contribution in [3.8, 4) is 0 Å². The highest BCUT2D eigenvalue weighted by molar-refractivity contribution is 5.40. The number of hydrogen-bond acceptors (Lipinski definition) is 3. The topological polar surface area (TPSA) is 72.3 Å². The zero-order chi connectivity index (χ0) is 8.97. The van der Waals surface area contributed by atoms with E-state index < -0.39 is 0 Å². The van der Waals surface area contributed by atoms with Crippen LogP contribution in [-0.4, -0.2) is 17.8 Å². The predicted molar refractivity (Wildman–Crippen MR) is 49.6 cm³/mol. The molecule has 0 fully saturated rings. The van der Waals surface area contributed by atoms with E-state index in [0.29, 0.717) is 6.42 Å². The molecular weight excluding hydrogens is 152 g/mol. The van der Waals surface area contributed by atoms with Gasteiger partial charge in [-0.15, -0.1) is 0 Å². The fourth-order valence-electron chi connectivity index (χ4n) is 1.09. The molecule has 1 rings (SSSR count). The third-order valence-corrected chi connectivity index (χ3v) is 1.68. The van der Waals surface area contributed by atoms with Crippen molar-refractivity contribution in [2.45, 2.75) is 12.5 Å². The van der Waals surface area contributed by atoms with Crippen molar-refractivity contribution < 1.29 is 5.11 Å². The Bertz CT molecular complexity index is 250. The highest BCUT2D eigenvalue weighted by Crippen LogP contribution is 2.07. The Hall–Kier alpha value is -1.06. The quantitative estimate of drug-likeness (QED) is 0.559. The smallest absolute Gasteiger partial charge is 0.0585 e. The minimum absolute atomic E-state index is 0.00873. The Labute approximate surface area is 72.0 Å². The molecule has 0 aliphatic carbocycles. The van der Waals surface area contributed by atoms with Crippen molar-refractivity contribution in [1.29, 1.82) is 0 Å². The second-order valence-corrected chi connectivity index (χ2v) is 2.89. The van der Waals surface area contributed by atoms with Crippen molar-refractivity contribution in [3.05, 3.63) is 29.8 Å². The summed E-state index contributed by atoms with van der Waals surface area (Å²) in [6.07, 6.45) is 0.668. The first-order chi connectivity index (χ1) is 5.72. The van der Waals surface area contributed by atoms with Crippen LogP contribution in [0.1, 0.15) is 5.56 Å². The standard InChI is InChI=1S/C9H14N2O/c10-8-3-1-2-7(4-8)5-9(11)6-12/h1-4,9,12H,5-6,10-11H2/t9-/m0/s1. The van der Waals surface area contributed by atoms with Gasteiger partial charge < -0.3 is 16.6 Å². The lowest BCUT2D eigenvalue weighted by Crippen LogP contribution is -2.26. The first-order valence-corrected chi connectivity index (χ1v) is 3.93. The largest absolute Gasteiger partial charge is 0.399 e. The summed E-state index contributed by atoms with van der Waals surface area (Å²) in [5.41, 5.74) is 12.9. The Morgan fingerprint density at radius 1 is 1.42 bits per heavy atom. The second kappa shape index (κ2) is 4.09. The Morgan fingerprint density at radius 3 is 2.75 bits per heavy atom. The van der Waals surface area contributed by atoms with Gasteiger partial charge in [-0.05, 0) is 24.1 Å². The molecule has 0 saturated carbocycles. The number of anilines is 1. The van der Waals surface area contributed by atoms with Gasteiger partial charge in [-0.25, -0.2) is 0 Å². The van der Waals surface area contributed by atoms with Gasteiger partial charge in [-0.3, -0.25) is 0 Å². The van der Waals surface area contributed by atoms with Crippen LogP contribution in [0.5, 0.6) is 0 Å². The van der Waals surface area contributed by atoms with Crippen LogP contribution in [0.15, 0.2) is 24.3 Å². The summed E-state index contributed by atoms with van der Waals surface area (Å²) in [6, 6.07) is 7.34. The number of aliphatic hydroxyl groups excluding tert-OH is 1. The molecule has 1 atom stereocenters. The SMILES string of the molecule is Nc1cccc(C[C@H](N)CO)c1. The lowest BCUT2D eigenvalue weighted by atomic mass is 10.1. The van der Waals surface area contributed by atoms with Gasteiger partial charge in [0.05, 0.1) is 6.61 Å². The summed E-state index contributed by atoms with van der Waals surface area (Å²) in [5.74, 6) is 0. The van der Waals surface area contributed by atoms with E-state index >= 15 is 0 Å². The summed E-state index contributed by atoms with van der Waals surface area (Å²) in [4.78, 5) is 0. The van der Waals surface area contributed by atoms with Gasteiger partial charge >= 0.3 is 0 Å². The number of nitrogens with two attached hydrogens (primary N) is 2. The van der Waals surface area contributed by atoms with E-state index in [2.05, 4.69) is 0 Å². The summed E-state index contributed by atoms with van der Waals surface area (Å²) in [7, 11) is 0. The fraction of sp³-hybridized carbons (Fsp3) is 0.333. The van der Waals surface area contributed by atoms with Gasteiger partial charge in [-0.1, -0.05) is 12.1 Å². The third-order valence-electron chi connectivity index (χ3n) is 1.68. The average molecular weight is 166 g/mol. The summed E-state index contributed by atoms with van der Waals surface area (Å²) >= 11 is 0. The van der Waals surface area contributed by atoms with Gasteiger partial charge in [0.1, 0.15) is 0 Å². The molecule has 0 bridgehead atoms. The van der Waals surface area contributed by atoms with Crippen LogP contribution in [0.25, 0.3) is 0 Å². The molecule has 0 radical (unpaired) electrons. The second-order valence-electron chi connectivity index (χ2n) is 2.89. The number of benzene rings is 1. The van der Waals surface area contributed by atoms with Crippen molar-refractivity contribution in [3.63, 3.8) is 0 Å². The van der Waals surface area contributed by atoms with E-state index in [0.717, 1.165) is 11.3 Å². The third kappa shape index (κ3) is 2.53. The van der Waals surface area contributed by atoms with E-state index in [-0.39, 0.29) is 12.6 Å². The minimum atomic E-state index is -0.188. The van der Waals surface area contributed by atoms with Crippen LogP contribution in [0.4, 0.5) is 5.69 Å². The minimum Gasteiger partial charge on any atom is -0.399 e. The Balaban J connectivity index is 2.63. The molecule has 0 amide bonds. The van der Waals surface area contributed by atoms with Crippen molar-refractivity contribution in [2.75, 3.05) is 12.3 Å². The van der Waals surface area contributed by atoms with Gasteiger partial charge in [0.15, 0.2) is 0 Å². The number of rotatable bonds is 3. The maximum absolute atomic E-state index is 8.71. The van der Waals surface area contributed by atoms with Crippen LogP contribution in [0.2, 0.25) is 0 Å². The van der Waals surface area contributed by atoms with E-state index in [1.54, 1.807) is 0 Å². The maximum Gasteiger partial charge on any atom is 0.0585 e. The monoisotopic (exact) mass is 166 g/mol. The van der Waals surface area contributed by atoms with Gasteiger partial charge in [-0.2, -0.15) is 0 Å². The van der Waals surface area contributed by atoms with Crippen LogP contribution in [0, 0.1) is 0 Å². The average Bonchev–Trinajstić information content (AvgIpc) is 2.04. The molecule has 0 aromatic heterocycles. The van der Waals surface area contributed by atoms with E-state index in [1.165, 1.54) is 0 Å². The zero-order valence-corrected chi connectivity index (χ0v) is 6.90. The molecular formula is C9H14N2O. The number of aliphatic hydroxyl groups is 1. The van der Waals surface area contributed by atoms with Crippen LogP contribution < -0.4 is 11.5 Å². The molecule has 5 N–H and O–H groups in total. The highest BCUT2D eigenvalue weighted by atomic mass is 16.3.